The molecule has 0 saturated heterocycles. The van der Waals surface area contributed by atoms with Crippen LogP contribution in [0, 0.1) is 5.82 Å². The molecule has 0 radical (unpaired) electrons. The number of benzene rings is 1. The summed E-state index contributed by atoms with van der Waals surface area (Å²) < 4.78 is 50.0. The number of phenolic OH excluding ortho intramolecular Hbond substituents is 1. The molecule has 0 aromatic heterocycles. The lowest BCUT2D eigenvalue weighted by atomic mass is 10.1. The molecule has 0 saturated carbocycles. The fraction of sp³-hybridized carbons (Fsp3) is 0.500. The van der Waals surface area contributed by atoms with Gasteiger partial charge in [-0.25, -0.2) is 4.39 Å². The smallest absolute Gasteiger partial charge is 0.401 e. The maximum Gasteiger partial charge on any atom is 0.401 e. The van der Waals surface area contributed by atoms with Crippen molar-refractivity contribution in [2.24, 2.45) is 0 Å². The third kappa shape index (κ3) is 4.91. The number of nitrogens with zero attached hydrogens (tertiary/aromatic N) is 1. The SMILES string of the molecule is CCCN(Cc1cc(F)ccc1O)CC(F)(F)F. The van der Waals surface area contributed by atoms with Crippen LogP contribution in [-0.2, 0) is 6.54 Å². The van der Waals surface area contributed by atoms with Crippen LogP contribution in [0.1, 0.15) is 18.9 Å². The van der Waals surface area contributed by atoms with Gasteiger partial charge in [0.05, 0.1) is 6.54 Å². The van der Waals surface area contributed by atoms with Crippen molar-refractivity contribution in [2.75, 3.05) is 13.1 Å². The van der Waals surface area contributed by atoms with Gasteiger partial charge in [-0.2, -0.15) is 13.2 Å². The Morgan fingerprint density at radius 1 is 1.28 bits per heavy atom. The summed E-state index contributed by atoms with van der Waals surface area (Å²) in [5.41, 5.74) is 0.160. The van der Waals surface area contributed by atoms with E-state index in [2.05, 4.69) is 0 Å². The van der Waals surface area contributed by atoms with Crippen molar-refractivity contribution < 1.29 is 22.7 Å². The fourth-order valence-corrected chi connectivity index (χ4v) is 1.71. The Balaban J connectivity index is 2.79. The lowest BCUT2D eigenvalue weighted by Gasteiger charge is -2.23. The number of halogens is 4. The Morgan fingerprint density at radius 3 is 2.50 bits per heavy atom. The maximum atomic E-state index is 13.0. The van der Waals surface area contributed by atoms with Gasteiger partial charge in [-0.15, -0.1) is 0 Å². The molecule has 0 bridgehead atoms. The molecule has 0 amide bonds. The normalized spacial score (nSPS) is 12.1. The highest BCUT2D eigenvalue weighted by atomic mass is 19.4. The van der Waals surface area contributed by atoms with Crippen molar-refractivity contribution in [1.82, 2.24) is 4.90 Å². The van der Waals surface area contributed by atoms with E-state index in [-0.39, 0.29) is 24.4 Å². The Hall–Kier alpha value is -1.30. The lowest BCUT2D eigenvalue weighted by Crippen LogP contribution is -2.34. The molecule has 1 aromatic rings. The number of alkyl halides is 3. The minimum atomic E-state index is -4.31. The molecule has 1 aromatic carbocycles. The summed E-state index contributed by atoms with van der Waals surface area (Å²) in [5, 5.41) is 9.48. The van der Waals surface area contributed by atoms with E-state index in [9.17, 15) is 22.7 Å². The molecular weight excluding hydrogens is 250 g/mol. The van der Waals surface area contributed by atoms with Gasteiger partial charge in [0.25, 0.3) is 0 Å². The summed E-state index contributed by atoms with van der Waals surface area (Å²) in [5.74, 6) is -0.772. The Bertz CT molecular complexity index is 392. The standard InChI is InChI=1S/C12H15F4NO/c1-2-5-17(8-12(14,15)16)7-9-6-10(13)3-4-11(9)18/h3-4,6,18H,2,5,7-8H2,1H3. The molecule has 0 aliphatic carbocycles. The molecule has 0 spiro atoms. The van der Waals surface area contributed by atoms with Crippen LogP contribution in [0.2, 0.25) is 0 Å². The van der Waals surface area contributed by atoms with Gasteiger partial charge in [0.1, 0.15) is 11.6 Å². The van der Waals surface area contributed by atoms with Crippen LogP contribution < -0.4 is 0 Å². The monoisotopic (exact) mass is 265 g/mol. The van der Waals surface area contributed by atoms with Crippen LogP contribution in [0.25, 0.3) is 0 Å². The number of aromatic hydroxyl groups is 1. The van der Waals surface area contributed by atoms with Gasteiger partial charge >= 0.3 is 6.18 Å². The van der Waals surface area contributed by atoms with E-state index in [1.165, 1.54) is 0 Å². The third-order valence-corrected chi connectivity index (χ3v) is 2.38. The molecular formula is C12H15F4NO. The van der Waals surface area contributed by atoms with E-state index in [4.69, 9.17) is 0 Å². The molecule has 0 unspecified atom stereocenters. The van der Waals surface area contributed by atoms with Gasteiger partial charge < -0.3 is 5.11 Å². The van der Waals surface area contributed by atoms with E-state index in [0.717, 1.165) is 23.1 Å². The number of hydrogen-bond donors (Lipinski definition) is 1. The van der Waals surface area contributed by atoms with Crippen LogP contribution in [0.5, 0.6) is 5.75 Å². The van der Waals surface area contributed by atoms with Crippen molar-refractivity contribution >= 4 is 0 Å². The summed E-state index contributed by atoms with van der Waals surface area (Å²) in [6.45, 7) is 0.790. The first-order valence-corrected chi connectivity index (χ1v) is 5.58. The zero-order chi connectivity index (χ0) is 13.8. The van der Waals surface area contributed by atoms with E-state index < -0.39 is 18.5 Å². The first kappa shape index (κ1) is 14.8. The van der Waals surface area contributed by atoms with E-state index >= 15 is 0 Å². The van der Waals surface area contributed by atoms with Gasteiger partial charge in [-0.1, -0.05) is 6.92 Å². The van der Waals surface area contributed by atoms with Crippen molar-refractivity contribution in [3.63, 3.8) is 0 Å². The second-order valence-corrected chi connectivity index (χ2v) is 4.10. The molecule has 18 heavy (non-hydrogen) atoms. The molecule has 1 N–H and O–H groups in total. The molecule has 1 rings (SSSR count). The molecule has 0 aliphatic rings. The van der Waals surface area contributed by atoms with Crippen LogP contribution in [0.4, 0.5) is 17.6 Å². The topological polar surface area (TPSA) is 23.5 Å². The molecule has 6 heteroatoms. The minimum Gasteiger partial charge on any atom is -0.508 e. The second-order valence-electron chi connectivity index (χ2n) is 4.10. The highest BCUT2D eigenvalue weighted by molar-refractivity contribution is 5.32. The Labute approximate surface area is 103 Å². The molecule has 0 aliphatic heterocycles. The average molecular weight is 265 g/mol. The van der Waals surface area contributed by atoms with E-state index in [1.807, 2.05) is 0 Å². The van der Waals surface area contributed by atoms with Gasteiger partial charge in [-0.05, 0) is 31.2 Å². The van der Waals surface area contributed by atoms with Crippen LogP contribution in [0.3, 0.4) is 0 Å². The van der Waals surface area contributed by atoms with Crippen molar-refractivity contribution in [3.05, 3.63) is 29.6 Å². The Kier molecular flexibility index (Phi) is 4.95. The van der Waals surface area contributed by atoms with Gasteiger partial charge in [0, 0.05) is 12.1 Å². The highest BCUT2D eigenvalue weighted by Gasteiger charge is 2.30. The lowest BCUT2D eigenvalue weighted by molar-refractivity contribution is -0.147. The number of hydrogen-bond acceptors (Lipinski definition) is 2. The molecule has 0 atom stereocenters. The van der Waals surface area contributed by atoms with Crippen molar-refractivity contribution in [3.8, 4) is 5.75 Å². The minimum absolute atomic E-state index is 0.128. The molecule has 2 nitrogen and oxygen atoms in total. The average Bonchev–Trinajstić information content (AvgIpc) is 2.21. The second kappa shape index (κ2) is 6.04. The predicted molar refractivity (Wildman–Crippen MR) is 59.7 cm³/mol. The molecule has 102 valence electrons. The fourth-order valence-electron chi connectivity index (χ4n) is 1.71. The predicted octanol–water partition coefficient (Wildman–Crippen LogP) is 3.31. The van der Waals surface area contributed by atoms with Crippen molar-refractivity contribution in [1.29, 1.82) is 0 Å². The first-order chi connectivity index (χ1) is 8.31. The van der Waals surface area contributed by atoms with Gasteiger partial charge in [0.15, 0.2) is 0 Å². The quantitative estimate of drug-likeness (QED) is 0.826. The van der Waals surface area contributed by atoms with Gasteiger partial charge in [-0.3, -0.25) is 4.90 Å². The largest absolute Gasteiger partial charge is 0.508 e. The van der Waals surface area contributed by atoms with E-state index in [1.54, 1.807) is 6.92 Å². The van der Waals surface area contributed by atoms with Crippen molar-refractivity contribution in [2.45, 2.75) is 26.1 Å². The summed E-state index contributed by atoms with van der Waals surface area (Å²) in [6, 6.07) is 3.25. The van der Waals surface area contributed by atoms with E-state index in [0.29, 0.717) is 6.42 Å². The summed E-state index contributed by atoms with van der Waals surface area (Å²) >= 11 is 0. The first-order valence-electron chi connectivity index (χ1n) is 5.58. The number of rotatable bonds is 5. The maximum absolute atomic E-state index is 13.0. The number of phenols is 1. The molecule has 0 fully saturated rings. The van der Waals surface area contributed by atoms with Crippen LogP contribution in [0.15, 0.2) is 18.2 Å². The summed E-state index contributed by atoms with van der Waals surface area (Å²) in [7, 11) is 0. The summed E-state index contributed by atoms with van der Waals surface area (Å²) in [6.07, 6.45) is -3.76. The Morgan fingerprint density at radius 2 is 1.94 bits per heavy atom. The van der Waals surface area contributed by atoms with Crippen LogP contribution >= 0.6 is 0 Å². The highest BCUT2D eigenvalue weighted by Crippen LogP contribution is 2.23. The van der Waals surface area contributed by atoms with Gasteiger partial charge in [0.2, 0.25) is 0 Å². The zero-order valence-electron chi connectivity index (χ0n) is 9.97. The summed E-state index contributed by atoms with van der Waals surface area (Å²) in [4.78, 5) is 1.13. The van der Waals surface area contributed by atoms with Crippen LogP contribution in [-0.4, -0.2) is 29.3 Å². The zero-order valence-corrected chi connectivity index (χ0v) is 9.97. The molecule has 0 heterocycles. The third-order valence-electron chi connectivity index (χ3n) is 2.38.